The highest BCUT2D eigenvalue weighted by Gasteiger charge is 2.47. The smallest absolute Gasteiger partial charge is 0.246 e. The molecular weight excluding hydrogens is 406 g/mol. The van der Waals surface area contributed by atoms with Crippen molar-refractivity contribution in [3.05, 3.63) is 48.2 Å². The molecule has 1 aromatic carbocycles. The van der Waals surface area contributed by atoms with Gasteiger partial charge in [0.1, 0.15) is 16.2 Å². The second-order valence-electron chi connectivity index (χ2n) is 7.70. The van der Waals surface area contributed by atoms with E-state index in [0.29, 0.717) is 31.3 Å². The molecule has 8 nitrogen and oxygen atoms in total. The van der Waals surface area contributed by atoms with Gasteiger partial charge in [-0.15, -0.1) is 0 Å². The summed E-state index contributed by atoms with van der Waals surface area (Å²) in [5, 5.41) is 0. The number of benzene rings is 1. The number of hydrogen-bond donors (Lipinski definition) is 0. The Hall–Kier alpha value is -2.20. The number of likely N-dealkylation sites (tertiary alicyclic amines) is 1. The fourth-order valence-corrected chi connectivity index (χ4v) is 5.81. The van der Waals surface area contributed by atoms with Crippen molar-refractivity contribution < 1.29 is 22.6 Å². The molecule has 0 aliphatic carbocycles. The van der Waals surface area contributed by atoms with Crippen LogP contribution in [0.4, 0.5) is 0 Å². The molecule has 1 saturated heterocycles. The number of para-hydroxylation sites is 1. The summed E-state index contributed by atoms with van der Waals surface area (Å²) in [7, 11) is -0.477. The number of ether oxygens (including phenoxy) is 3. The van der Waals surface area contributed by atoms with Crippen LogP contribution in [0.1, 0.15) is 12.0 Å². The Balaban J connectivity index is 1.62. The van der Waals surface area contributed by atoms with E-state index in [4.69, 9.17) is 14.2 Å². The number of rotatable bonds is 6. The maximum absolute atomic E-state index is 13.3. The molecule has 0 bridgehead atoms. The van der Waals surface area contributed by atoms with Crippen LogP contribution >= 0.6 is 0 Å². The van der Waals surface area contributed by atoms with Gasteiger partial charge in [-0.1, -0.05) is 18.2 Å². The molecule has 1 aromatic heterocycles. The molecule has 1 fully saturated rings. The Bertz CT molecular complexity index is 1000. The van der Waals surface area contributed by atoms with Gasteiger partial charge in [0, 0.05) is 51.5 Å². The van der Waals surface area contributed by atoms with Crippen molar-refractivity contribution >= 4 is 10.0 Å². The van der Waals surface area contributed by atoms with Crippen LogP contribution in [-0.2, 0) is 21.3 Å². The first-order chi connectivity index (χ1) is 14.5. The topological polar surface area (TPSA) is 81.2 Å². The molecule has 0 N–H and O–H groups in total. The van der Waals surface area contributed by atoms with Crippen molar-refractivity contribution in [2.75, 3.05) is 47.0 Å². The molecule has 2 aliphatic rings. The highest BCUT2D eigenvalue weighted by atomic mass is 32.2. The second kappa shape index (κ2) is 8.50. The molecule has 0 saturated carbocycles. The Kier molecular flexibility index (Phi) is 5.97. The Morgan fingerprint density at radius 2 is 2.00 bits per heavy atom. The zero-order valence-electron chi connectivity index (χ0n) is 17.3. The zero-order chi connectivity index (χ0) is 21.2. The molecule has 3 heterocycles. The second-order valence-corrected chi connectivity index (χ2v) is 9.60. The third kappa shape index (κ3) is 4.02. The number of nitrogens with zero attached hydrogens (tertiary/aromatic N) is 3. The van der Waals surface area contributed by atoms with E-state index in [9.17, 15) is 8.42 Å². The Morgan fingerprint density at radius 3 is 2.80 bits per heavy atom. The van der Waals surface area contributed by atoms with E-state index in [1.165, 1.54) is 4.31 Å². The number of hydrogen-bond acceptors (Lipinski definition) is 7. The summed E-state index contributed by atoms with van der Waals surface area (Å²) in [5.41, 5.74) is 0.373. The van der Waals surface area contributed by atoms with Gasteiger partial charge >= 0.3 is 0 Å². The van der Waals surface area contributed by atoms with Crippen LogP contribution in [0.25, 0.3) is 0 Å². The van der Waals surface area contributed by atoms with Crippen LogP contribution < -0.4 is 9.47 Å². The van der Waals surface area contributed by atoms with E-state index < -0.39 is 15.6 Å². The van der Waals surface area contributed by atoms with Crippen molar-refractivity contribution in [2.24, 2.45) is 0 Å². The van der Waals surface area contributed by atoms with E-state index in [2.05, 4.69) is 9.88 Å². The first kappa shape index (κ1) is 21.0. The highest BCUT2D eigenvalue weighted by Crippen LogP contribution is 2.38. The molecule has 1 spiro atoms. The normalized spacial score (nSPS) is 23.7. The van der Waals surface area contributed by atoms with Crippen LogP contribution in [0.3, 0.4) is 0 Å². The van der Waals surface area contributed by atoms with Crippen molar-refractivity contribution in [2.45, 2.75) is 23.5 Å². The summed E-state index contributed by atoms with van der Waals surface area (Å²) in [6.07, 6.45) is 2.43. The van der Waals surface area contributed by atoms with Gasteiger partial charge < -0.3 is 14.2 Å². The summed E-state index contributed by atoms with van der Waals surface area (Å²) in [4.78, 5) is 6.74. The Morgan fingerprint density at radius 1 is 1.17 bits per heavy atom. The van der Waals surface area contributed by atoms with Gasteiger partial charge in [-0.25, -0.2) is 13.4 Å². The van der Waals surface area contributed by atoms with Gasteiger partial charge in [0.2, 0.25) is 15.9 Å². The van der Waals surface area contributed by atoms with Gasteiger partial charge in [0.25, 0.3) is 0 Å². The summed E-state index contributed by atoms with van der Waals surface area (Å²) in [6.45, 7) is 2.96. The van der Waals surface area contributed by atoms with E-state index in [0.717, 1.165) is 18.5 Å². The molecular formula is C21H27N3O5S. The van der Waals surface area contributed by atoms with Gasteiger partial charge in [-0.05, 0) is 18.2 Å². The van der Waals surface area contributed by atoms with Crippen molar-refractivity contribution in [3.8, 4) is 11.6 Å². The third-order valence-corrected chi connectivity index (χ3v) is 7.52. The fraction of sp³-hybridized carbons (Fsp3) is 0.476. The van der Waals surface area contributed by atoms with Gasteiger partial charge in [-0.3, -0.25) is 4.90 Å². The maximum Gasteiger partial charge on any atom is 0.246 e. The molecule has 2 aliphatic heterocycles. The standard InChI is InChI=1S/C21H27N3O5S/c1-27-13-12-24-16-21(29-18-7-3-4-8-19(18)30(24,25)26)9-11-23(15-21)14-17-6-5-10-22-20(17)28-2/h3-8,10H,9,11-16H2,1-2H3. The lowest BCUT2D eigenvalue weighted by atomic mass is 10.0. The number of sulfonamides is 1. The lowest BCUT2D eigenvalue weighted by molar-refractivity contribution is 0.0532. The molecule has 9 heteroatoms. The number of methoxy groups -OCH3 is 2. The van der Waals surface area contributed by atoms with Gasteiger partial charge in [0.15, 0.2) is 0 Å². The quantitative estimate of drug-likeness (QED) is 0.687. The third-order valence-electron chi connectivity index (χ3n) is 5.64. The minimum Gasteiger partial charge on any atom is -0.483 e. The maximum atomic E-state index is 13.3. The van der Waals surface area contributed by atoms with Gasteiger partial charge in [-0.2, -0.15) is 4.31 Å². The molecule has 1 unspecified atom stereocenters. The molecule has 0 radical (unpaired) electrons. The summed E-state index contributed by atoms with van der Waals surface area (Å²) in [5.74, 6) is 1.02. The van der Waals surface area contributed by atoms with Crippen LogP contribution in [0.15, 0.2) is 47.5 Å². The van der Waals surface area contributed by atoms with E-state index in [1.807, 2.05) is 12.1 Å². The average molecular weight is 434 g/mol. The minimum absolute atomic E-state index is 0.213. The molecule has 4 rings (SSSR count). The molecule has 2 aromatic rings. The molecule has 30 heavy (non-hydrogen) atoms. The average Bonchev–Trinajstić information content (AvgIpc) is 3.09. The van der Waals surface area contributed by atoms with Crippen molar-refractivity contribution in [3.63, 3.8) is 0 Å². The predicted octanol–water partition coefficient (Wildman–Crippen LogP) is 1.76. The summed E-state index contributed by atoms with van der Waals surface area (Å²) >= 11 is 0. The fourth-order valence-electron chi connectivity index (χ4n) is 4.19. The number of pyridine rings is 1. The van der Waals surface area contributed by atoms with E-state index in [-0.39, 0.29) is 18.0 Å². The lowest BCUT2D eigenvalue weighted by Gasteiger charge is -2.32. The highest BCUT2D eigenvalue weighted by molar-refractivity contribution is 7.89. The van der Waals surface area contributed by atoms with Crippen LogP contribution in [0.2, 0.25) is 0 Å². The lowest BCUT2D eigenvalue weighted by Crippen LogP contribution is -2.49. The van der Waals surface area contributed by atoms with E-state index in [1.54, 1.807) is 44.7 Å². The van der Waals surface area contributed by atoms with Crippen LogP contribution in [0.5, 0.6) is 11.6 Å². The number of fused-ring (bicyclic) bond motifs is 1. The molecule has 1 atom stereocenters. The van der Waals surface area contributed by atoms with Crippen LogP contribution in [0, 0.1) is 0 Å². The monoisotopic (exact) mass is 433 g/mol. The first-order valence-corrected chi connectivity index (χ1v) is 11.4. The van der Waals surface area contributed by atoms with Crippen molar-refractivity contribution in [1.82, 2.24) is 14.2 Å². The largest absolute Gasteiger partial charge is 0.483 e. The van der Waals surface area contributed by atoms with E-state index >= 15 is 0 Å². The molecule has 162 valence electrons. The van der Waals surface area contributed by atoms with Crippen molar-refractivity contribution in [1.29, 1.82) is 0 Å². The SMILES string of the molecule is COCCN1CC2(CCN(Cc3cccnc3OC)C2)Oc2ccccc2S1(=O)=O. The number of aromatic nitrogens is 1. The minimum atomic E-state index is -3.66. The van der Waals surface area contributed by atoms with Crippen LogP contribution in [-0.4, -0.2) is 75.2 Å². The molecule has 0 amide bonds. The zero-order valence-corrected chi connectivity index (χ0v) is 18.1. The summed E-state index contributed by atoms with van der Waals surface area (Å²) < 4.78 is 45.0. The first-order valence-electron chi connectivity index (χ1n) is 9.95. The summed E-state index contributed by atoms with van der Waals surface area (Å²) in [6, 6.07) is 10.8. The Labute approximate surface area is 177 Å². The van der Waals surface area contributed by atoms with Gasteiger partial charge in [0.05, 0.1) is 20.3 Å². The predicted molar refractivity (Wildman–Crippen MR) is 111 cm³/mol.